The number of carboxylic acids is 1. The Hall–Kier alpha value is -1.31. The normalized spacial score (nSPS) is 22.7. The number of sulfone groups is 1. The Morgan fingerprint density at radius 1 is 1.42 bits per heavy atom. The number of carboxylic acid groups (broad SMARTS) is 1. The molecule has 0 bridgehead atoms. The van der Waals surface area contributed by atoms with E-state index in [9.17, 15) is 18.0 Å². The monoisotopic (exact) mass is 292 g/mol. The summed E-state index contributed by atoms with van der Waals surface area (Å²) in [4.78, 5) is 22.4. The molecule has 1 aliphatic heterocycles. The highest BCUT2D eigenvalue weighted by Gasteiger charge is 2.28. The van der Waals surface area contributed by atoms with Gasteiger partial charge in [0.05, 0.1) is 11.5 Å². The van der Waals surface area contributed by atoms with Crippen molar-refractivity contribution in [1.29, 1.82) is 0 Å². The minimum absolute atomic E-state index is 0.0785. The SMILES string of the molecule is CCC[C@H](NC(=O)NCC1CCS(=O)(=O)C1)C(=O)O. The quantitative estimate of drug-likeness (QED) is 0.636. The van der Waals surface area contributed by atoms with Crippen LogP contribution < -0.4 is 10.6 Å². The second-order valence-corrected chi connectivity index (χ2v) is 7.03. The lowest BCUT2D eigenvalue weighted by molar-refractivity contribution is -0.139. The molecule has 7 nitrogen and oxygen atoms in total. The molecule has 1 aliphatic rings. The Kier molecular flexibility index (Phi) is 5.59. The molecular formula is C11H20N2O5S. The van der Waals surface area contributed by atoms with Gasteiger partial charge in [-0.2, -0.15) is 0 Å². The summed E-state index contributed by atoms with van der Waals surface area (Å²) in [7, 11) is -2.95. The summed E-state index contributed by atoms with van der Waals surface area (Å²) in [6.45, 7) is 2.09. The predicted octanol–water partition coefficient (Wildman–Crippen LogP) is -0.0264. The van der Waals surface area contributed by atoms with E-state index in [1.165, 1.54) is 0 Å². The van der Waals surface area contributed by atoms with Gasteiger partial charge >= 0.3 is 12.0 Å². The van der Waals surface area contributed by atoms with Crippen molar-refractivity contribution < 1.29 is 23.1 Å². The summed E-state index contributed by atoms with van der Waals surface area (Å²) in [6.07, 6.45) is 1.55. The fourth-order valence-electron chi connectivity index (χ4n) is 2.03. The molecule has 0 radical (unpaired) electrons. The lowest BCUT2D eigenvalue weighted by Crippen LogP contribution is -2.47. The van der Waals surface area contributed by atoms with E-state index in [0.717, 1.165) is 0 Å². The van der Waals surface area contributed by atoms with Crippen molar-refractivity contribution in [3.8, 4) is 0 Å². The van der Waals surface area contributed by atoms with Crippen LogP contribution in [0.1, 0.15) is 26.2 Å². The molecule has 3 N–H and O–H groups in total. The van der Waals surface area contributed by atoms with Crippen molar-refractivity contribution >= 4 is 21.8 Å². The Balaban J connectivity index is 2.33. The van der Waals surface area contributed by atoms with Crippen LogP contribution in [0.3, 0.4) is 0 Å². The summed E-state index contributed by atoms with van der Waals surface area (Å²) >= 11 is 0. The molecule has 1 rings (SSSR count). The van der Waals surface area contributed by atoms with Crippen molar-refractivity contribution in [2.75, 3.05) is 18.1 Å². The van der Waals surface area contributed by atoms with E-state index in [1.807, 2.05) is 6.92 Å². The van der Waals surface area contributed by atoms with Crippen molar-refractivity contribution in [1.82, 2.24) is 10.6 Å². The average Bonchev–Trinajstić information content (AvgIpc) is 2.66. The van der Waals surface area contributed by atoms with Gasteiger partial charge in [0.1, 0.15) is 6.04 Å². The maximum absolute atomic E-state index is 11.5. The zero-order chi connectivity index (χ0) is 14.5. The Bertz CT molecular complexity index is 434. The Labute approximate surface area is 112 Å². The summed E-state index contributed by atoms with van der Waals surface area (Å²) in [5.74, 6) is -0.898. The third-order valence-electron chi connectivity index (χ3n) is 3.06. The maximum Gasteiger partial charge on any atom is 0.326 e. The molecule has 0 aromatic heterocycles. The van der Waals surface area contributed by atoms with Crippen LogP contribution in [-0.2, 0) is 14.6 Å². The second-order valence-electron chi connectivity index (χ2n) is 4.80. The smallest absolute Gasteiger partial charge is 0.326 e. The molecule has 1 fully saturated rings. The largest absolute Gasteiger partial charge is 0.480 e. The number of amides is 2. The van der Waals surface area contributed by atoms with Crippen LogP contribution >= 0.6 is 0 Å². The number of aliphatic carboxylic acids is 1. The molecule has 2 amide bonds. The second kappa shape index (κ2) is 6.74. The first-order chi connectivity index (χ1) is 8.84. The van der Waals surface area contributed by atoms with Gasteiger partial charge in [-0.1, -0.05) is 13.3 Å². The minimum Gasteiger partial charge on any atom is -0.480 e. The molecule has 19 heavy (non-hydrogen) atoms. The van der Waals surface area contributed by atoms with Crippen LogP contribution in [0.5, 0.6) is 0 Å². The summed E-state index contributed by atoms with van der Waals surface area (Å²) in [5.41, 5.74) is 0. The molecule has 0 aliphatic carbocycles. The highest BCUT2D eigenvalue weighted by Crippen LogP contribution is 2.17. The lowest BCUT2D eigenvalue weighted by Gasteiger charge is -2.15. The topological polar surface area (TPSA) is 113 Å². The van der Waals surface area contributed by atoms with E-state index in [-0.39, 0.29) is 24.0 Å². The molecule has 0 aromatic rings. The Morgan fingerprint density at radius 2 is 2.11 bits per heavy atom. The van der Waals surface area contributed by atoms with Gasteiger partial charge in [-0.05, 0) is 18.8 Å². The zero-order valence-corrected chi connectivity index (χ0v) is 11.7. The molecule has 8 heteroatoms. The van der Waals surface area contributed by atoms with Crippen molar-refractivity contribution in [2.45, 2.75) is 32.2 Å². The van der Waals surface area contributed by atoms with E-state index in [4.69, 9.17) is 5.11 Å². The average molecular weight is 292 g/mol. The van der Waals surface area contributed by atoms with Gasteiger partial charge in [0.2, 0.25) is 0 Å². The molecule has 1 unspecified atom stereocenters. The number of carbonyl (C=O) groups is 2. The van der Waals surface area contributed by atoms with Gasteiger partial charge < -0.3 is 15.7 Å². The molecule has 110 valence electrons. The minimum atomic E-state index is -2.95. The van der Waals surface area contributed by atoms with Crippen LogP contribution in [0.25, 0.3) is 0 Å². The van der Waals surface area contributed by atoms with E-state index in [1.54, 1.807) is 0 Å². The zero-order valence-electron chi connectivity index (χ0n) is 10.9. The summed E-state index contributed by atoms with van der Waals surface area (Å²) in [6, 6.07) is -1.47. The third-order valence-corrected chi connectivity index (χ3v) is 4.90. The summed E-state index contributed by atoms with van der Waals surface area (Å²) in [5, 5.41) is 13.8. The predicted molar refractivity (Wildman–Crippen MR) is 69.6 cm³/mol. The third kappa shape index (κ3) is 5.46. The van der Waals surface area contributed by atoms with Crippen LogP contribution in [0.2, 0.25) is 0 Å². The summed E-state index contributed by atoms with van der Waals surface area (Å²) < 4.78 is 22.5. The van der Waals surface area contributed by atoms with Gasteiger partial charge in [-0.3, -0.25) is 0 Å². The van der Waals surface area contributed by atoms with E-state index in [0.29, 0.717) is 19.3 Å². The number of rotatable bonds is 6. The molecule has 0 saturated carbocycles. The van der Waals surface area contributed by atoms with Gasteiger partial charge in [0.15, 0.2) is 9.84 Å². The van der Waals surface area contributed by atoms with Crippen LogP contribution in [0.4, 0.5) is 4.79 Å². The van der Waals surface area contributed by atoms with Crippen LogP contribution in [-0.4, -0.2) is 49.6 Å². The van der Waals surface area contributed by atoms with Crippen molar-refractivity contribution in [3.05, 3.63) is 0 Å². The van der Waals surface area contributed by atoms with E-state index >= 15 is 0 Å². The molecule has 0 spiro atoms. The van der Waals surface area contributed by atoms with Gasteiger partial charge in [0, 0.05) is 6.54 Å². The number of urea groups is 1. The number of hydrogen-bond donors (Lipinski definition) is 3. The van der Waals surface area contributed by atoms with Gasteiger partial charge in [0.25, 0.3) is 0 Å². The van der Waals surface area contributed by atoms with Crippen molar-refractivity contribution in [3.63, 3.8) is 0 Å². The van der Waals surface area contributed by atoms with E-state index in [2.05, 4.69) is 10.6 Å². The van der Waals surface area contributed by atoms with Crippen LogP contribution in [0, 0.1) is 5.92 Å². The first kappa shape index (κ1) is 15.7. The fourth-order valence-corrected chi connectivity index (χ4v) is 3.89. The first-order valence-corrected chi connectivity index (χ1v) is 8.13. The number of nitrogens with one attached hydrogen (secondary N) is 2. The number of hydrogen-bond acceptors (Lipinski definition) is 4. The Morgan fingerprint density at radius 3 is 2.58 bits per heavy atom. The molecule has 1 saturated heterocycles. The standard InChI is InChI=1S/C11H20N2O5S/c1-2-3-9(10(14)15)13-11(16)12-6-8-4-5-19(17,18)7-8/h8-9H,2-7H2,1H3,(H,14,15)(H2,12,13,16)/t8?,9-/m0/s1. The highest BCUT2D eigenvalue weighted by molar-refractivity contribution is 7.91. The van der Waals surface area contributed by atoms with Gasteiger partial charge in [-0.25, -0.2) is 18.0 Å². The maximum atomic E-state index is 11.5. The molecule has 2 atom stereocenters. The highest BCUT2D eigenvalue weighted by atomic mass is 32.2. The first-order valence-electron chi connectivity index (χ1n) is 6.31. The fraction of sp³-hybridized carbons (Fsp3) is 0.818. The lowest BCUT2D eigenvalue weighted by atomic mass is 10.1. The molecule has 0 aromatic carbocycles. The van der Waals surface area contributed by atoms with E-state index < -0.39 is 27.9 Å². The van der Waals surface area contributed by atoms with Crippen LogP contribution in [0.15, 0.2) is 0 Å². The number of carbonyl (C=O) groups excluding carboxylic acids is 1. The van der Waals surface area contributed by atoms with Gasteiger partial charge in [-0.15, -0.1) is 0 Å². The van der Waals surface area contributed by atoms with Crippen molar-refractivity contribution in [2.24, 2.45) is 5.92 Å². The molecular weight excluding hydrogens is 272 g/mol. The molecule has 1 heterocycles.